The van der Waals surface area contributed by atoms with Crippen molar-refractivity contribution >= 4 is 22.8 Å². The zero-order chi connectivity index (χ0) is 17.5. The minimum atomic E-state index is -0.222. The van der Waals surface area contributed by atoms with E-state index in [-0.39, 0.29) is 31.5 Å². The van der Waals surface area contributed by atoms with Gasteiger partial charge in [-0.2, -0.15) is 0 Å². The number of aromatic nitrogens is 2. The van der Waals surface area contributed by atoms with Crippen molar-refractivity contribution in [3.05, 3.63) is 30.1 Å². The number of amides is 2. The maximum absolute atomic E-state index is 12.2. The van der Waals surface area contributed by atoms with E-state index < -0.39 is 0 Å². The van der Waals surface area contributed by atoms with Gasteiger partial charge in [0.1, 0.15) is 19.0 Å². The number of imidazole rings is 1. The zero-order valence-corrected chi connectivity index (χ0v) is 14.3. The van der Waals surface area contributed by atoms with Crippen molar-refractivity contribution in [1.82, 2.24) is 20.2 Å². The fraction of sp³-hybridized carbons (Fsp3) is 0.471. The van der Waals surface area contributed by atoms with Crippen LogP contribution in [0, 0.1) is 5.92 Å². The summed E-state index contributed by atoms with van der Waals surface area (Å²) in [4.78, 5) is 28.3. The second-order valence-corrected chi connectivity index (χ2v) is 6.01. The molecule has 0 aliphatic carbocycles. The Morgan fingerprint density at radius 2 is 1.96 bits per heavy atom. The number of rotatable bonds is 8. The Labute approximate surface area is 141 Å². The van der Waals surface area contributed by atoms with Gasteiger partial charge in [-0.25, -0.2) is 4.98 Å². The van der Waals surface area contributed by atoms with Gasteiger partial charge in [-0.15, -0.1) is 0 Å². The number of carbonyl (C=O) groups excluding carboxylic acids is 2. The molecule has 7 heteroatoms. The van der Waals surface area contributed by atoms with Crippen molar-refractivity contribution < 1.29 is 14.3 Å². The van der Waals surface area contributed by atoms with Crippen LogP contribution in [-0.2, 0) is 27.4 Å². The van der Waals surface area contributed by atoms with Crippen molar-refractivity contribution in [2.75, 3.05) is 20.3 Å². The number of nitrogens with one attached hydrogen (secondary N) is 2. The Hall–Kier alpha value is -2.41. The molecular weight excluding hydrogens is 308 g/mol. The first-order valence-electron chi connectivity index (χ1n) is 7.97. The summed E-state index contributed by atoms with van der Waals surface area (Å²) in [7, 11) is 1.47. The minimum Gasteiger partial charge on any atom is -0.375 e. The predicted molar refractivity (Wildman–Crippen MR) is 91.3 cm³/mol. The van der Waals surface area contributed by atoms with E-state index in [9.17, 15) is 9.59 Å². The number of hydrogen-bond donors (Lipinski definition) is 2. The predicted octanol–water partition coefficient (Wildman–Crippen LogP) is 1.07. The van der Waals surface area contributed by atoms with Gasteiger partial charge in [-0.1, -0.05) is 26.0 Å². The van der Waals surface area contributed by atoms with Crippen LogP contribution >= 0.6 is 0 Å². The first kappa shape index (κ1) is 17.9. The normalized spacial score (nSPS) is 11.0. The van der Waals surface area contributed by atoms with Gasteiger partial charge in [0.2, 0.25) is 11.8 Å². The summed E-state index contributed by atoms with van der Waals surface area (Å²) < 4.78 is 6.63. The summed E-state index contributed by atoms with van der Waals surface area (Å²) in [5, 5.41) is 5.65. The number of benzene rings is 1. The van der Waals surface area contributed by atoms with Crippen molar-refractivity contribution in [1.29, 1.82) is 0 Å². The van der Waals surface area contributed by atoms with Gasteiger partial charge < -0.3 is 19.9 Å². The van der Waals surface area contributed by atoms with Gasteiger partial charge in [0, 0.05) is 13.7 Å². The van der Waals surface area contributed by atoms with Gasteiger partial charge in [0.05, 0.1) is 17.6 Å². The van der Waals surface area contributed by atoms with Gasteiger partial charge >= 0.3 is 0 Å². The molecule has 0 saturated heterocycles. The quantitative estimate of drug-likeness (QED) is 0.757. The summed E-state index contributed by atoms with van der Waals surface area (Å²) in [6.45, 7) is 5.13. The number of fused-ring (bicyclic) bond motifs is 1. The number of para-hydroxylation sites is 2. The van der Waals surface area contributed by atoms with Gasteiger partial charge in [0.15, 0.2) is 0 Å². The Balaban J connectivity index is 2.17. The molecule has 0 bridgehead atoms. The molecule has 130 valence electrons. The SMILES string of the molecule is COCC(=O)NCc1nc2ccccc2n1CC(=O)NCC(C)C. The zero-order valence-electron chi connectivity index (χ0n) is 14.3. The highest BCUT2D eigenvalue weighted by Crippen LogP contribution is 2.16. The molecule has 0 aliphatic rings. The summed E-state index contributed by atoms with van der Waals surface area (Å²) in [5.74, 6) is 0.735. The van der Waals surface area contributed by atoms with Crippen LogP contribution in [0.3, 0.4) is 0 Å². The Kier molecular flexibility index (Phi) is 6.31. The van der Waals surface area contributed by atoms with Crippen LogP contribution in [-0.4, -0.2) is 41.6 Å². The molecule has 0 spiro atoms. The Morgan fingerprint density at radius 1 is 1.21 bits per heavy atom. The molecule has 24 heavy (non-hydrogen) atoms. The van der Waals surface area contributed by atoms with Crippen LogP contribution in [0.4, 0.5) is 0 Å². The summed E-state index contributed by atoms with van der Waals surface area (Å²) >= 11 is 0. The number of ether oxygens (including phenoxy) is 1. The van der Waals surface area contributed by atoms with Gasteiger partial charge in [0.25, 0.3) is 0 Å². The van der Waals surface area contributed by atoms with E-state index in [0.29, 0.717) is 18.3 Å². The summed E-state index contributed by atoms with van der Waals surface area (Å²) in [6, 6.07) is 7.60. The molecule has 1 aromatic carbocycles. The van der Waals surface area contributed by atoms with Crippen molar-refractivity contribution in [3.8, 4) is 0 Å². The number of carbonyl (C=O) groups is 2. The highest BCUT2D eigenvalue weighted by atomic mass is 16.5. The second-order valence-electron chi connectivity index (χ2n) is 6.01. The second kappa shape index (κ2) is 8.44. The van der Waals surface area contributed by atoms with E-state index in [0.717, 1.165) is 11.0 Å². The monoisotopic (exact) mass is 332 g/mol. The highest BCUT2D eigenvalue weighted by Gasteiger charge is 2.14. The van der Waals surface area contributed by atoms with Crippen molar-refractivity contribution in [2.24, 2.45) is 5.92 Å². The van der Waals surface area contributed by atoms with Gasteiger partial charge in [-0.05, 0) is 18.1 Å². The van der Waals surface area contributed by atoms with Crippen LogP contribution in [0.25, 0.3) is 11.0 Å². The van der Waals surface area contributed by atoms with Crippen LogP contribution in [0.15, 0.2) is 24.3 Å². The van der Waals surface area contributed by atoms with E-state index in [1.807, 2.05) is 42.7 Å². The van der Waals surface area contributed by atoms with E-state index in [1.165, 1.54) is 7.11 Å². The van der Waals surface area contributed by atoms with Gasteiger partial charge in [-0.3, -0.25) is 9.59 Å². The average Bonchev–Trinajstić information content (AvgIpc) is 2.89. The van der Waals surface area contributed by atoms with E-state index >= 15 is 0 Å². The van der Waals surface area contributed by atoms with Crippen LogP contribution < -0.4 is 10.6 Å². The average molecular weight is 332 g/mol. The maximum atomic E-state index is 12.2. The highest BCUT2D eigenvalue weighted by molar-refractivity contribution is 5.81. The third kappa shape index (κ3) is 4.79. The first-order valence-corrected chi connectivity index (χ1v) is 7.97. The topological polar surface area (TPSA) is 85.2 Å². The van der Waals surface area contributed by atoms with Crippen LogP contribution in [0.1, 0.15) is 19.7 Å². The lowest BCUT2D eigenvalue weighted by molar-refractivity contribution is -0.124. The largest absolute Gasteiger partial charge is 0.375 e. The molecule has 0 saturated carbocycles. The summed E-state index contributed by atoms with van der Waals surface area (Å²) in [5.41, 5.74) is 1.67. The molecule has 0 radical (unpaired) electrons. The number of nitrogens with zero attached hydrogens (tertiary/aromatic N) is 2. The molecular formula is C17H24N4O3. The Morgan fingerprint density at radius 3 is 2.67 bits per heavy atom. The summed E-state index contributed by atoms with van der Waals surface area (Å²) in [6.07, 6.45) is 0. The molecule has 0 unspecified atom stereocenters. The van der Waals surface area contributed by atoms with Crippen LogP contribution in [0.2, 0.25) is 0 Å². The molecule has 2 aromatic rings. The Bertz CT molecular complexity index is 709. The van der Waals surface area contributed by atoms with Crippen molar-refractivity contribution in [2.45, 2.75) is 26.9 Å². The van der Waals surface area contributed by atoms with Crippen LogP contribution in [0.5, 0.6) is 0 Å². The molecule has 0 atom stereocenters. The molecule has 7 nitrogen and oxygen atoms in total. The smallest absolute Gasteiger partial charge is 0.246 e. The maximum Gasteiger partial charge on any atom is 0.246 e. The third-order valence-corrected chi connectivity index (χ3v) is 3.46. The first-order chi connectivity index (χ1) is 11.5. The molecule has 1 aromatic heterocycles. The van der Waals surface area contributed by atoms with Crippen molar-refractivity contribution in [3.63, 3.8) is 0 Å². The minimum absolute atomic E-state index is 0.00486. The van der Waals surface area contributed by atoms with E-state index in [1.54, 1.807) is 0 Å². The molecule has 2 N–H and O–H groups in total. The standard InChI is InChI=1S/C17H24N4O3/c1-12(2)8-18-16(22)10-21-14-7-5-4-6-13(14)20-15(21)9-19-17(23)11-24-3/h4-7,12H,8-11H2,1-3H3,(H,18,22)(H,19,23). The molecule has 0 fully saturated rings. The molecule has 1 heterocycles. The lowest BCUT2D eigenvalue weighted by atomic mass is 10.2. The number of hydrogen-bond acceptors (Lipinski definition) is 4. The molecule has 2 rings (SSSR count). The fourth-order valence-electron chi connectivity index (χ4n) is 2.31. The molecule has 0 aliphatic heterocycles. The third-order valence-electron chi connectivity index (χ3n) is 3.46. The molecule has 2 amide bonds. The lowest BCUT2D eigenvalue weighted by Crippen LogP contribution is -2.32. The number of methoxy groups -OCH3 is 1. The van der Waals surface area contributed by atoms with E-state index in [2.05, 4.69) is 15.6 Å². The fourth-order valence-corrected chi connectivity index (χ4v) is 2.31. The lowest BCUT2D eigenvalue weighted by Gasteiger charge is -2.11. The van der Waals surface area contributed by atoms with E-state index in [4.69, 9.17) is 4.74 Å².